The Morgan fingerprint density at radius 1 is 0.812 bits per heavy atom. The normalized spacial score (nSPS) is 15.1. The quantitative estimate of drug-likeness (QED) is 0.316. The smallest absolute Gasteiger partial charge is 0.202 e. The van der Waals surface area contributed by atoms with Gasteiger partial charge in [-0.3, -0.25) is 0 Å². The largest absolute Gasteiger partial charge is 0.497 e. The van der Waals surface area contributed by atoms with Gasteiger partial charge in [0.1, 0.15) is 17.3 Å². The third-order valence-electron chi connectivity index (χ3n) is 6.95. The van der Waals surface area contributed by atoms with E-state index in [1.165, 1.54) is 54.0 Å². The second kappa shape index (κ2) is 7.63. The molecule has 0 saturated heterocycles. The van der Waals surface area contributed by atoms with Gasteiger partial charge >= 0.3 is 0 Å². The summed E-state index contributed by atoms with van der Waals surface area (Å²) >= 11 is 0. The minimum Gasteiger partial charge on any atom is -0.497 e. The molecule has 1 saturated carbocycles. The fraction of sp³-hybridized carbons (Fsp3) is 0.286. The van der Waals surface area contributed by atoms with Gasteiger partial charge in [-0.1, -0.05) is 55.7 Å². The van der Waals surface area contributed by atoms with Gasteiger partial charge < -0.3 is 19.2 Å². The van der Waals surface area contributed by atoms with E-state index in [2.05, 4.69) is 47.8 Å². The monoisotopic (exact) mass is 425 g/mol. The number of hydrogen-bond acceptors (Lipinski definition) is 4. The van der Waals surface area contributed by atoms with Gasteiger partial charge in [-0.05, 0) is 35.9 Å². The van der Waals surface area contributed by atoms with E-state index in [0.29, 0.717) is 6.04 Å². The molecule has 0 radical (unpaired) electrons. The highest BCUT2D eigenvalue weighted by atomic mass is 16.5. The van der Waals surface area contributed by atoms with Crippen molar-refractivity contribution in [2.24, 2.45) is 0 Å². The Labute approximate surface area is 188 Å². The summed E-state index contributed by atoms with van der Waals surface area (Å²) in [6, 6.07) is 19.4. The van der Waals surface area contributed by atoms with Crippen LogP contribution in [0.25, 0.3) is 44.3 Å². The molecule has 4 heteroatoms. The molecule has 0 atom stereocenters. The van der Waals surface area contributed by atoms with E-state index < -0.39 is 0 Å². The minimum atomic E-state index is 0.434. The molecule has 0 bridgehead atoms. The number of benzene rings is 3. The second-order valence-corrected chi connectivity index (χ2v) is 8.77. The molecule has 0 unspecified atom stereocenters. The van der Waals surface area contributed by atoms with Crippen LogP contribution in [0.15, 0.2) is 59.0 Å². The third-order valence-corrected chi connectivity index (χ3v) is 6.95. The number of rotatable bonds is 5. The standard InChI is InChI=1S/C28H27NO3/c1-30-19-14-15-20(23(16-19)31-2)26-25-21-12-6-8-17-9-7-13-22(24(17)21)27(25)32-28(26)29-18-10-4-3-5-11-18/h6-9,12-16,18,29H,3-5,10-11H2,1-2H3. The average molecular weight is 426 g/mol. The number of nitrogens with one attached hydrogen (secondary N) is 1. The van der Waals surface area contributed by atoms with Crippen LogP contribution < -0.4 is 14.8 Å². The van der Waals surface area contributed by atoms with Crippen molar-refractivity contribution in [3.63, 3.8) is 0 Å². The van der Waals surface area contributed by atoms with Gasteiger partial charge in [0, 0.05) is 34.2 Å². The van der Waals surface area contributed by atoms with Crippen molar-refractivity contribution >= 4 is 16.7 Å². The molecule has 0 spiro atoms. The molecule has 2 aliphatic rings. The molecule has 1 N–H and O–H groups in total. The van der Waals surface area contributed by atoms with E-state index in [4.69, 9.17) is 13.9 Å². The highest BCUT2D eigenvalue weighted by Gasteiger charge is 2.33. The molecule has 4 nitrogen and oxygen atoms in total. The summed E-state index contributed by atoms with van der Waals surface area (Å²) < 4.78 is 17.9. The Morgan fingerprint density at radius 2 is 1.59 bits per heavy atom. The van der Waals surface area contributed by atoms with Crippen molar-refractivity contribution in [1.82, 2.24) is 0 Å². The first-order valence-corrected chi connectivity index (χ1v) is 11.5. The number of fused-ring (bicyclic) bond motifs is 3. The highest BCUT2D eigenvalue weighted by Crippen LogP contribution is 2.56. The van der Waals surface area contributed by atoms with E-state index in [0.717, 1.165) is 39.8 Å². The molecule has 0 aliphatic heterocycles. The summed E-state index contributed by atoms with van der Waals surface area (Å²) in [5.41, 5.74) is 5.63. The van der Waals surface area contributed by atoms with Gasteiger partial charge in [0.15, 0.2) is 0 Å². The molecule has 0 amide bonds. The predicted molar refractivity (Wildman–Crippen MR) is 130 cm³/mol. The lowest BCUT2D eigenvalue weighted by Crippen LogP contribution is -2.22. The predicted octanol–water partition coefficient (Wildman–Crippen LogP) is 7.51. The summed E-state index contributed by atoms with van der Waals surface area (Å²) in [6.45, 7) is 0. The van der Waals surface area contributed by atoms with E-state index in [1.807, 2.05) is 12.1 Å². The third kappa shape index (κ3) is 2.89. The first kappa shape index (κ1) is 19.3. The maximum atomic E-state index is 6.65. The maximum absolute atomic E-state index is 6.65. The minimum absolute atomic E-state index is 0.434. The van der Waals surface area contributed by atoms with Crippen molar-refractivity contribution in [1.29, 1.82) is 0 Å². The summed E-state index contributed by atoms with van der Waals surface area (Å²) in [5, 5.41) is 6.27. The second-order valence-electron chi connectivity index (χ2n) is 8.77. The van der Waals surface area contributed by atoms with Gasteiger partial charge in [-0.25, -0.2) is 0 Å². The first-order chi connectivity index (χ1) is 15.8. The summed E-state index contributed by atoms with van der Waals surface area (Å²) in [5.74, 6) is 3.35. The van der Waals surface area contributed by atoms with Crippen molar-refractivity contribution in [2.45, 2.75) is 38.1 Å². The number of ether oxygens (including phenoxy) is 2. The SMILES string of the molecule is COc1ccc(-c2c(NC3CCCCC3)oc3c2-c2cccc4cccc-3c24)c(OC)c1. The van der Waals surface area contributed by atoms with Gasteiger partial charge in [0.2, 0.25) is 5.88 Å². The Hall–Kier alpha value is -3.40. The molecule has 1 fully saturated rings. The molecule has 162 valence electrons. The number of anilines is 1. The first-order valence-electron chi connectivity index (χ1n) is 11.5. The fourth-order valence-electron chi connectivity index (χ4n) is 5.41. The van der Waals surface area contributed by atoms with Gasteiger partial charge in [0.25, 0.3) is 0 Å². The summed E-state index contributed by atoms with van der Waals surface area (Å²) in [6.07, 6.45) is 6.21. The van der Waals surface area contributed by atoms with E-state index in [-0.39, 0.29) is 0 Å². The Kier molecular flexibility index (Phi) is 4.60. The van der Waals surface area contributed by atoms with Crippen LogP contribution in [0.3, 0.4) is 0 Å². The molecule has 6 rings (SSSR count). The molecular formula is C28H27NO3. The zero-order valence-electron chi connectivity index (χ0n) is 18.5. The van der Waals surface area contributed by atoms with Crippen LogP contribution in [0.5, 0.6) is 11.5 Å². The van der Waals surface area contributed by atoms with Gasteiger partial charge in [0.05, 0.1) is 19.8 Å². The van der Waals surface area contributed by atoms with Crippen LogP contribution in [0, 0.1) is 0 Å². The lowest BCUT2D eigenvalue weighted by atomic mass is 9.94. The molecular weight excluding hydrogens is 398 g/mol. The average Bonchev–Trinajstić information content (AvgIpc) is 3.36. The van der Waals surface area contributed by atoms with Gasteiger partial charge in [-0.15, -0.1) is 0 Å². The molecule has 4 aromatic rings. The van der Waals surface area contributed by atoms with Crippen molar-refractivity contribution in [3.05, 3.63) is 54.6 Å². The molecule has 2 aliphatic carbocycles. The lowest BCUT2D eigenvalue weighted by molar-refractivity contribution is 0.395. The highest BCUT2D eigenvalue weighted by molar-refractivity contribution is 6.18. The Bertz CT molecular complexity index is 1310. The number of methoxy groups -OCH3 is 2. The molecule has 32 heavy (non-hydrogen) atoms. The zero-order chi connectivity index (χ0) is 21.7. The van der Waals surface area contributed by atoms with E-state index in [1.54, 1.807) is 14.2 Å². The van der Waals surface area contributed by atoms with Gasteiger partial charge in [-0.2, -0.15) is 0 Å². The van der Waals surface area contributed by atoms with Crippen LogP contribution in [0.4, 0.5) is 5.88 Å². The van der Waals surface area contributed by atoms with Crippen molar-refractivity contribution in [2.75, 3.05) is 19.5 Å². The van der Waals surface area contributed by atoms with Crippen LogP contribution in [0.2, 0.25) is 0 Å². The lowest BCUT2D eigenvalue weighted by Gasteiger charge is -2.23. The van der Waals surface area contributed by atoms with Crippen LogP contribution >= 0.6 is 0 Å². The van der Waals surface area contributed by atoms with E-state index in [9.17, 15) is 0 Å². The molecule has 1 heterocycles. The zero-order valence-corrected chi connectivity index (χ0v) is 18.5. The topological polar surface area (TPSA) is 43.6 Å². The van der Waals surface area contributed by atoms with Crippen molar-refractivity contribution in [3.8, 4) is 45.1 Å². The molecule has 3 aromatic carbocycles. The number of furan rings is 1. The van der Waals surface area contributed by atoms with Crippen LogP contribution in [-0.4, -0.2) is 20.3 Å². The van der Waals surface area contributed by atoms with Crippen LogP contribution in [-0.2, 0) is 0 Å². The van der Waals surface area contributed by atoms with E-state index >= 15 is 0 Å². The number of hydrogen-bond donors (Lipinski definition) is 1. The molecule has 1 aromatic heterocycles. The fourth-order valence-corrected chi connectivity index (χ4v) is 5.41. The summed E-state index contributed by atoms with van der Waals surface area (Å²) in [7, 11) is 3.39. The Balaban J connectivity index is 1.59. The maximum Gasteiger partial charge on any atom is 0.202 e. The van der Waals surface area contributed by atoms with Crippen LogP contribution in [0.1, 0.15) is 32.1 Å². The van der Waals surface area contributed by atoms with Crippen molar-refractivity contribution < 1.29 is 13.9 Å². The Morgan fingerprint density at radius 3 is 2.34 bits per heavy atom. The summed E-state index contributed by atoms with van der Waals surface area (Å²) in [4.78, 5) is 0.